The second-order valence-corrected chi connectivity index (χ2v) is 9.47. The fraction of sp³-hybridized carbons (Fsp3) is 0.182. The van der Waals surface area contributed by atoms with Crippen molar-refractivity contribution >= 4 is 44.3 Å². The zero-order valence-corrected chi connectivity index (χ0v) is 20.8. The Morgan fingerprint density at radius 3 is 2.54 bits per heavy atom. The first-order valence-electron chi connectivity index (χ1n) is 10.4. The van der Waals surface area contributed by atoms with Crippen molar-refractivity contribution in [2.24, 2.45) is 0 Å². The number of nitrogens with one attached hydrogen (secondary N) is 2. The van der Waals surface area contributed by atoms with Crippen LogP contribution in [0.1, 0.15) is 0 Å². The number of hydrogen-bond acceptors (Lipinski definition) is 9. The van der Waals surface area contributed by atoms with E-state index in [0.717, 1.165) is 24.5 Å². The molecule has 37 heavy (non-hydrogen) atoms. The average molecular weight is 555 g/mol. The minimum absolute atomic E-state index is 0.0353. The zero-order chi connectivity index (χ0) is 26.7. The summed E-state index contributed by atoms with van der Waals surface area (Å²) in [6.07, 6.45) is 2.88. The fourth-order valence-corrected chi connectivity index (χ4v) is 4.71. The number of pyridine rings is 2. The molecule has 3 aromatic heterocycles. The van der Waals surface area contributed by atoms with Crippen LogP contribution in [0.25, 0.3) is 22.0 Å². The van der Waals surface area contributed by atoms with Crippen LogP contribution in [-0.4, -0.2) is 55.7 Å². The largest absolute Gasteiger partial charge is 0.480 e. The highest BCUT2D eigenvalue weighted by molar-refractivity contribution is 7.92. The second-order valence-electron chi connectivity index (χ2n) is 7.38. The lowest BCUT2D eigenvalue weighted by atomic mass is 10.0. The quantitative estimate of drug-likeness (QED) is 0.295. The van der Waals surface area contributed by atoms with Crippen LogP contribution in [0.4, 0.5) is 24.9 Å². The SMILES string of the molecule is COCCNc1ncc2c(F)c(-c3c(F)cnc(NS(=O)(=O)c4cc(Cl)cnc4OC)c3F)ccc2n1. The van der Waals surface area contributed by atoms with Crippen molar-refractivity contribution in [1.29, 1.82) is 0 Å². The molecule has 0 unspecified atom stereocenters. The molecule has 0 fully saturated rings. The maximum Gasteiger partial charge on any atom is 0.268 e. The molecule has 3 heterocycles. The molecule has 0 bridgehead atoms. The number of methoxy groups -OCH3 is 2. The van der Waals surface area contributed by atoms with Gasteiger partial charge in [-0.3, -0.25) is 4.72 Å². The van der Waals surface area contributed by atoms with Crippen LogP contribution in [0, 0.1) is 17.5 Å². The number of halogens is 4. The minimum Gasteiger partial charge on any atom is -0.480 e. The van der Waals surface area contributed by atoms with Crippen molar-refractivity contribution in [1.82, 2.24) is 19.9 Å². The second kappa shape index (κ2) is 10.7. The Labute approximate surface area is 213 Å². The summed E-state index contributed by atoms with van der Waals surface area (Å²) in [6.45, 7) is 0.799. The maximum absolute atomic E-state index is 15.4. The number of rotatable bonds is 9. The summed E-state index contributed by atoms with van der Waals surface area (Å²) in [5.74, 6) is -4.68. The molecule has 2 N–H and O–H groups in total. The molecule has 0 spiro atoms. The van der Waals surface area contributed by atoms with Gasteiger partial charge in [0.2, 0.25) is 11.8 Å². The lowest BCUT2D eigenvalue weighted by Crippen LogP contribution is -2.17. The number of anilines is 2. The predicted octanol–water partition coefficient (Wildman–Crippen LogP) is 4.03. The van der Waals surface area contributed by atoms with E-state index in [4.69, 9.17) is 21.1 Å². The number of ether oxygens (including phenoxy) is 2. The minimum atomic E-state index is -4.55. The molecule has 194 valence electrons. The van der Waals surface area contributed by atoms with Gasteiger partial charge in [-0.05, 0) is 18.2 Å². The van der Waals surface area contributed by atoms with Crippen molar-refractivity contribution in [3.8, 4) is 17.0 Å². The molecule has 0 aliphatic heterocycles. The van der Waals surface area contributed by atoms with Crippen molar-refractivity contribution in [3.63, 3.8) is 0 Å². The van der Waals surface area contributed by atoms with E-state index in [2.05, 4.69) is 25.3 Å². The highest BCUT2D eigenvalue weighted by atomic mass is 35.5. The van der Waals surface area contributed by atoms with E-state index in [-0.39, 0.29) is 27.8 Å². The number of nitrogens with zero attached hydrogens (tertiary/aromatic N) is 4. The van der Waals surface area contributed by atoms with E-state index in [1.165, 1.54) is 20.3 Å². The molecular weight excluding hydrogens is 537 g/mol. The standard InChI is InChI=1S/C22H18ClF3N6O4S/c1-35-6-5-27-22-30-9-13-15(31-22)4-3-12(18(13)25)17-14(24)10-28-20(19(17)26)32-37(33,34)16-7-11(23)8-29-21(16)36-2/h3-4,7-10H,5-6H2,1-2H3,(H,28,32)(H,27,30,31). The van der Waals surface area contributed by atoms with Crippen LogP contribution in [0.3, 0.4) is 0 Å². The number of benzene rings is 1. The van der Waals surface area contributed by atoms with Gasteiger partial charge in [0.15, 0.2) is 22.3 Å². The molecule has 4 aromatic rings. The van der Waals surface area contributed by atoms with Crippen LogP contribution in [0.2, 0.25) is 5.02 Å². The van der Waals surface area contributed by atoms with E-state index in [9.17, 15) is 12.8 Å². The third kappa shape index (κ3) is 5.35. The average Bonchev–Trinajstić information content (AvgIpc) is 2.87. The highest BCUT2D eigenvalue weighted by Crippen LogP contribution is 2.35. The summed E-state index contributed by atoms with van der Waals surface area (Å²) in [4.78, 5) is 14.9. The third-order valence-electron chi connectivity index (χ3n) is 5.03. The monoisotopic (exact) mass is 554 g/mol. The van der Waals surface area contributed by atoms with Crippen molar-refractivity contribution in [2.45, 2.75) is 4.90 Å². The molecule has 10 nitrogen and oxygen atoms in total. The molecule has 0 radical (unpaired) electrons. The Kier molecular flexibility index (Phi) is 7.61. The van der Waals surface area contributed by atoms with Crippen LogP contribution in [0.15, 0.2) is 41.7 Å². The molecule has 0 atom stereocenters. The van der Waals surface area contributed by atoms with Gasteiger partial charge in [-0.2, -0.15) is 0 Å². The number of fused-ring (bicyclic) bond motifs is 1. The summed E-state index contributed by atoms with van der Waals surface area (Å²) in [5, 5.41) is 2.75. The van der Waals surface area contributed by atoms with Crippen LogP contribution < -0.4 is 14.8 Å². The first kappa shape index (κ1) is 26.3. The molecular formula is C22H18ClF3N6O4S. The van der Waals surface area contributed by atoms with Crippen LogP contribution in [0.5, 0.6) is 5.88 Å². The normalized spacial score (nSPS) is 11.5. The Morgan fingerprint density at radius 1 is 1.03 bits per heavy atom. The highest BCUT2D eigenvalue weighted by Gasteiger charge is 2.27. The van der Waals surface area contributed by atoms with Gasteiger partial charge < -0.3 is 14.8 Å². The lowest BCUT2D eigenvalue weighted by molar-refractivity contribution is 0.210. The third-order valence-corrected chi connectivity index (χ3v) is 6.57. The van der Waals surface area contributed by atoms with Crippen molar-refractivity contribution in [2.75, 3.05) is 37.4 Å². The number of sulfonamides is 1. The van der Waals surface area contributed by atoms with Crippen molar-refractivity contribution in [3.05, 3.63) is 59.3 Å². The molecule has 15 heteroatoms. The molecule has 0 saturated heterocycles. The summed E-state index contributed by atoms with van der Waals surface area (Å²) < 4.78 is 83.1. The Hall–Kier alpha value is -3.75. The summed E-state index contributed by atoms with van der Waals surface area (Å²) in [6, 6.07) is 3.50. The van der Waals surface area contributed by atoms with Gasteiger partial charge in [0.05, 0.1) is 41.4 Å². The smallest absolute Gasteiger partial charge is 0.268 e. The fourth-order valence-electron chi connectivity index (χ4n) is 3.33. The number of hydrogen-bond donors (Lipinski definition) is 2. The van der Waals surface area contributed by atoms with Crippen molar-refractivity contribution < 1.29 is 31.1 Å². The van der Waals surface area contributed by atoms with Gasteiger partial charge in [-0.15, -0.1) is 0 Å². The molecule has 0 amide bonds. The predicted molar refractivity (Wildman–Crippen MR) is 130 cm³/mol. The van der Waals surface area contributed by atoms with Gasteiger partial charge in [0.1, 0.15) is 5.82 Å². The maximum atomic E-state index is 15.4. The van der Waals surface area contributed by atoms with Crippen LogP contribution in [-0.2, 0) is 14.8 Å². The summed E-state index contributed by atoms with van der Waals surface area (Å²) in [5.41, 5.74) is -1.16. The number of aromatic nitrogens is 4. The van der Waals surface area contributed by atoms with E-state index >= 15 is 8.78 Å². The first-order valence-corrected chi connectivity index (χ1v) is 12.3. The van der Waals surface area contributed by atoms with Gasteiger partial charge >= 0.3 is 0 Å². The van der Waals surface area contributed by atoms with E-state index in [1.807, 2.05) is 4.72 Å². The first-order chi connectivity index (χ1) is 17.7. The van der Waals surface area contributed by atoms with E-state index < -0.39 is 49.3 Å². The summed E-state index contributed by atoms with van der Waals surface area (Å²) >= 11 is 5.84. The van der Waals surface area contributed by atoms with Gasteiger partial charge in [0, 0.05) is 31.6 Å². The molecule has 4 rings (SSSR count). The van der Waals surface area contributed by atoms with Crippen LogP contribution >= 0.6 is 11.6 Å². The Balaban J connectivity index is 1.74. The summed E-state index contributed by atoms with van der Waals surface area (Å²) in [7, 11) is -1.85. The molecule has 0 saturated carbocycles. The zero-order valence-electron chi connectivity index (χ0n) is 19.2. The molecule has 1 aromatic carbocycles. The molecule has 0 aliphatic rings. The van der Waals surface area contributed by atoms with E-state index in [0.29, 0.717) is 19.3 Å². The molecule has 0 aliphatic carbocycles. The van der Waals surface area contributed by atoms with Gasteiger partial charge in [-0.25, -0.2) is 41.5 Å². The van der Waals surface area contributed by atoms with Gasteiger partial charge in [0.25, 0.3) is 10.0 Å². The topological polar surface area (TPSA) is 128 Å². The lowest BCUT2D eigenvalue weighted by Gasteiger charge is -2.14. The Bertz CT molecular complexity index is 1590. The Morgan fingerprint density at radius 2 is 1.81 bits per heavy atom. The van der Waals surface area contributed by atoms with E-state index in [1.54, 1.807) is 0 Å². The van der Waals surface area contributed by atoms with Gasteiger partial charge in [-0.1, -0.05) is 11.6 Å².